The number of hydrogen-bond acceptors (Lipinski definition) is 4. The topological polar surface area (TPSA) is 72.5 Å². The van der Waals surface area contributed by atoms with Crippen LogP contribution < -0.4 is 4.72 Å². The molecule has 0 bridgehead atoms. The summed E-state index contributed by atoms with van der Waals surface area (Å²) in [4.78, 5) is 12.8. The number of rotatable bonds is 4. The number of carbonyl (C=O) groups is 1. The van der Waals surface area contributed by atoms with Gasteiger partial charge in [-0.1, -0.05) is 48.5 Å². The quantitative estimate of drug-likeness (QED) is 0.870. The highest BCUT2D eigenvalue weighted by molar-refractivity contribution is 7.90. The molecule has 120 valence electrons. The molecule has 0 saturated heterocycles. The average molecular weight is 331 g/mol. The first-order valence-corrected chi connectivity index (χ1v) is 8.82. The number of fused-ring (bicyclic) bond motifs is 1. The molecule has 0 spiro atoms. The van der Waals surface area contributed by atoms with Crippen molar-refractivity contribution < 1.29 is 17.9 Å². The van der Waals surface area contributed by atoms with E-state index in [0.717, 1.165) is 5.56 Å². The van der Waals surface area contributed by atoms with Gasteiger partial charge in [0.15, 0.2) is 5.54 Å². The van der Waals surface area contributed by atoms with E-state index >= 15 is 0 Å². The summed E-state index contributed by atoms with van der Waals surface area (Å²) in [7, 11) is -3.75. The first-order chi connectivity index (χ1) is 11.0. The molecule has 2 aromatic rings. The van der Waals surface area contributed by atoms with Crippen LogP contribution in [0.2, 0.25) is 0 Å². The normalized spacial score (nSPS) is 21.6. The minimum absolute atomic E-state index is 0.129. The van der Waals surface area contributed by atoms with Crippen LogP contribution in [0.25, 0.3) is 0 Å². The van der Waals surface area contributed by atoms with Gasteiger partial charge in [0.05, 0.1) is 11.5 Å². The van der Waals surface area contributed by atoms with Crippen LogP contribution in [0.1, 0.15) is 18.1 Å². The summed E-state index contributed by atoms with van der Waals surface area (Å²) >= 11 is 0. The van der Waals surface area contributed by atoms with Crippen molar-refractivity contribution in [2.75, 3.05) is 6.61 Å². The number of carbonyl (C=O) groups excluding carboxylic acids is 1. The lowest BCUT2D eigenvalue weighted by molar-refractivity contribution is -0.150. The molecule has 1 aliphatic heterocycles. The lowest BCUT2D eigenvalue weighted by atomic mass is 9.84. The molecule has 6 heteroatoms. The van der Waals surface area contributed by atoms with Crippen LogP contribution in [-0.4, -0.2) is 21.0 Å². The van der Waals surface area contributed by atoms with E-state index in [1.807, 2.05) is 30.3 Å². The molecule has 2 aromatic carbocycles. The zero-order valence-electron chi connectivity index (χ0n) is 12.7. The second kappa shape index (κ2) is 5.79. The summed E-state index contributed by atoms with van der Waals surface area (Å²) < 4.78 is 32.6. The molecule has 23 heavy (non-hydrogen) atoms. The van der Waals surface area contributed by atoms with Crippen molar-refractivity contribution in [3.05, 3.63) is 65.7 Å². The molecular weight excluding hydrogens is 314 g/mol. The van der Waals surface area contributed by atoms with Gasteiger partial charge in [0.2, 0.25) is 10.0 Å². The van der Waals surface area contributed by atoms with Crippen molar-refractivity contribution >= 4 is 16.0 Å². The molecule has 1 N–H and O–H groups in total. The molecule has 0 fully saturated rings. The monoisotopic (exact) mass is 331 g/mol. The predicted molar refractivity (Wildman–Crippen MR) is 85.2 cm³/mol. The zero-order chi connectivity index (χ0) is 16.5. The number of nitrogens with one attached hydrogen (secondary N) is 1. The van der Waals surface area contributed by atoms with Gasteiger partial charge in [0, 0.05) is 12.0 Å². The fourth-order valence-corrected chi connectivity index (χ4v) is 4.53. The minimum Gasteiger partial charge on any atom is -0.464 e. The van der Waals surface area contributed by atoms with Crippen molar-refractivity contribution in [1.82, 2.24) is 4.72 Å². The Morgan fingerprint density at radius 1 is 1.09 bits per heavy atom. The molecular formula is C17H17NO4S. The van der Waals surface area contributed by atoms with Crippen molar-refractivity contribution in [1.29, 1.82) is 0 Å². The highest BCUT2D eigenvalue weighted by atomic mass is 32.2. The van der Waals surface area contributed by atoms with Crippen LogP contribution in [0.5, 0.6) is 0 Å². The van der Waals surface area contributed by atoms with Gasteiger partial charge in [-0.05, 0) is 18.6 Å². The Labute approximate surface area is 135 Å². The molecule has 1 unspecified atom stereocenters. The molecule has 1 aliphatic rings. The Balaban J connectivity index is 2.17. The van der Waals surface area contributed by atoms with Crippen molar-refractivity contribution in [3.63, 3.8) is 0 Å². The van der Waals surface area contributed by atoms with E-state index < -0.39 is 21.5 Å². The van der Waals surface area contributed by atoms with Gasteiger partial charge in [-0.3, -0.25) is 0 Å². The van der Waals surface area contributed by atoms with Crippen LogP contribution in [0, 0.1) is 0 Å². The van der Waals surface area contributed by atoms with Gasteiger partial charge in [-0.25, -0.2) is 13.2 Å². The third-order valence-corrected chi connectivity index (χ3v) is 5.43. The van der Waals surface area contributed by atoms with Crippen LogP contribution in [-0.2, 0) is 31.5 Å². The van der Waals surface area contributed by atoms with Crippen molar-refractivity contribution in [2.45, 2.75) is 23.8 Å². The van der Waals surface area contributed by atoms with Crippen molar-refractivity contribution in [2.24, 2.45) is 0 Å². The number of ether oxygens (including phenoxy) is 1. The van der Waals surface area contributed by atoms with Crippen LogP contribution >= 0.6 is 0 Å². The van der Waals surface area contributed by atoms with Gasteiger partial charge in [0.1, 0.15) is 0 Å². The Morgan fingerprint density at radius 2 is 1.74 bits per heavy atom. The highest BCUT2D eigenvalue weighted by Crippen LogP contribution is 2.39. The Kier molecular flexibility index (Phi) is 3.95. The summed E-state index contributed by atoms with van der Waals surface area (Å²) in [5, 5.41) is 0. The summed E-state index contributed by atoms with van der Waals surface area (Å²) in [6.45, 7) is 1.88. The summed E-state index contributed by atoms with van der Waals surface area (Å²) in [5.74, 6) is -0.586. The maximum Gasteiger partial charge on any atom is 0.332 e. The molecule has 1 heterocycles. The highest BCUT2D eigenvalue weighted by Gasteiger charge is 2.52. The summed E-state index contributed by atoms with van der Waals surface area (Å²) in [5.41, 5.74) is -0.144. The number of sulfonamides is 1. The van der Waals surface area contributed by atoms with E-state index in [2.05, 4.69) is 4.72 Å². The fraction of sp³-hybridized carbons (Fsp3) is 0.235. The standard InChI is InChI=1S/C17H17NO4S/c1-2-22-16(19)17(12-13-8-4-3-5-9-13)14-10-6-7-11-15(14)23(20,21)18-17/h3-11,18H,2,12H2,1H3. The second-order valence-corrected chi connectivity index (χ2v) is 7.04. The predicted octanol–water partition coefficient (Wildman–Crippen LogP) is 1.98. The third kappa shape index (κ3) is 2.64. The zero-order valence-corrected chi connectivity index (χ0v) is 13.5. The molecule has 0 radical (unpaired) electrons. The van der Waals surface area contributed by atoms with Gasteiger partial charge in [-0.2, -0.15) is 4.72 Å². The van der Waals surface area contributed by atoms with Crippen LogP contribution in [0.3, 0.4) is 0 Å². The average Bonchev–Trinajstić information content (AvgIpc) is 2.78. The summed E-state index contributed by atoms with van der Waals surface area (Å²) in [6, 6.07) is 15.8. The van der Waals surface area contributed by atoms with E-state index in [4.69, 9.17) is 4.74 Å². The molecule has 0 saturated carbocycles. The van der Waals surface area contributed by atoms with E-state index in [1.165, 1.54) is 6.07 Å². The Hall–Kier alpha value is -2.18. The Bertz CT molecular complexity index is 833. The largest absolute Gasteiger partial charge is 0.464 e. The van der Waals surface area contributed by atoms with Gasteiger partial charge >= 0.3 is 5.97 Å². The van der Waals surface area contributed by atoms with E-state index in [-0.39, 0.29) is 17.9 Å². The maximum absolute atomic E-state index is 12.7. The first kappa shape index (κ1) is 15.7. The SMILES string of the molecule is CCOC(=O)C1(Cc2ccccc2)NS(=O)(=O)c2ccccc21. The number of esters is 1. The third-order valence-electron chi connectivity index (χ3n) is 3.88. The molecule has 1 atom stereocenters. The number of hydrogen-bond donors (Lipinski definition) is 1. The van der Waals surface area contributed by atoms with E-state index in [9.17, 15) is 13.2 Å². The smallest absolute Gasteiger partial charge is 0.332 e. The molecule has 3 rings (SSSR count). The lowest BCUT2D eigenvalue weighted by Gasteiger charge is -2.27. The van der Waals surface area contributed by atoms with Gasteiger partial charge in [0.25, 0.3) is 0 Å². The fourth-order valence-electron chi connectivity index (χ4n) is 2.90. The second-order valence-electron chi connectivity index (χ2n) is 5.39. The van der Waals surface area contributed by atoms with E-state index in [1.54, 1.807) is 25.1 Å². The first-order valence-electron chi connectivity index (χ1n) is 7.34. The molecule has 0 aliphatic carbocycles. The van der Waals surface area contributed by atoms with E-state index in [0.29, 0.717) is 5.56 Å². The Morgan fingerprint density at radius 3 is 2.43 bits per heavy atom. The van der Waals surface area contributed by atoms with Gasteiger partial charge in [-0.15, -0.1) is 0 Å². The van der Waals surface area contributed by atoms with Crippen molar-refractivity contribution in [3.8, 4) is 0 Å². The summed E-state index contributed by atoms with van der Waals surface area (Å²) in [6.07, 6.45) is 0.197. The number of benzene rings is 2. The lowest BCUT2D eigenvalue weighted by Crippen LogP contribution is -2.49. The minimum atomic E-state index is -3.75. The van der Waals surface area contributed by atoms with Crippen LogP contribution in [0.15, 0.2) is 59.5 Å². The molecule has 5 nitrogen and oxygen atoms in total. The van der Waals surface area contributed by atoms with Gasteiger partial charge < -0.3 is 4.74 Å². The molecule has 0 amide bonds. The maximum atomic E-state index is 12.7. The molecule has 0 aromatic heterocycles. The van der Waals surface area contributed by atoms with Crippen LogP contribution in [0.4, 0.5) is 0 Å².